The molecule has 0 unspecified atom stereocenters. The molecule has 0 aromatic heterocycles. The molecule has 2 N–H and O–H groups in total. The Balaban J connectivity index is 0.000000434. The fourth-order valence-corrected chi connectivity index (χ4v) is 3.07. The molecular formula is C24H20Cl6O2Zr. The molecule has 0 radical (unpaired) electrons. The Bertz CT molecular complexity index is 847. The van der Waals surface area contributed by atoms with Crippen LogP contribution in [0.3, 0.4) is 0 Å². The van der Waals surface area contributed by atoms with E-state index < -0.39 is 7.59 Å². The number of halogens is 6. The molecule has 33 heavy (non-hydrogen) atoms. The molecular weight excluding hydrogens is 624 g/mol. The van der Waals surface area contributed by atoms with Gasteiger partial charge in [-0.25, -0.2) is 24.3 Å². The molecule has 0 bridgehead atoms. The average Bonchev–Trinajstić information content (AvgIpc) is 3.46. The summed E-state index contributed by atoms with van der Waals surface area (Å²) in [4.78, 5) is 0. The van der Waals surface area contributed by atoms with Crippen LogP contribution < -0.4 is 0 Å². The van der Waals surface area contributed by atoms with Gasteiger partial charge in [-0.1, -0.05) is 106 Å². The predicted molar refractivity (Wildman–Crippen MR) is 138 cm³/mol. The SMILES string of the molecule is Oc1ccccc1C(Cl)(Cl)Cl.Oc1ccccc1C(Cl)(Cl)Cl.[C-]1=CC=CC1.[C-]1=CC=CC1.[Zr+2]. The smallest absolute Gasteiger partial charge is 0.508 e. The first-order chi connectivity index (χ1) is 15.0. The molecule has 0 spiro atoms. The van der Waals surface area contributed by atoms with Crippen molar-refractivity contribution in [3.05, 3.63) is 108 Å². The summed E-state index contributed by atoms with van der Waals surface area (Å²) in [6.45, 7) is 0. The van der Waals surface area contributed by atoms with E-state index in [0.717, 1.165) is 12.8 Å². The molecule has 2 aromatic rings. The van der Waals surface area contributed by atoms with Gasteiger partial charge in [0.05, 0.1) is 0 Å². The summed E-state index contributed by atoms with van der Waals surface area (Å²) >= 11 is 33.2. The van der Waals surface area contributed by atoms with Gasteiger partial charge in [0, 0.05) is 11.1 Å². The van der Waals surface area contributed by atoms with E-state index in [-0.39, 0.29) is 37.7 Å². The van der Waals surface area contributed by atoms with Crippen LogP contribution in [0.15, 0.2) is 85.0 Å². The maximum atomic E-state index is 9.19. The molecule has 4 rings (SSSR count). The molecule has 174 valence electrons. The molecule has 2 nitrogen and oxygen atoms in total. The van der Waals surface area contributed by atoms with Crippen molar-refractivity contribution in [3.8, 4) is 11.5 Å². The molecule has 2 aromatic carbocycles. The van der Waals surface area contributed by atoms with E-state index in [2.05, 4.69) is 24.3 Å². The van der Waals surface area contributed by atoms with E-state index in [1.54, 1.807) is 36.4 Å². The Morgan fingerprint density at radius 3 is 1.09 bits per heavy atom. The fourth-order valence-electron chi connectivity index (χ4n) is 2.11. The maximum Gasteiger partial charge on any atom is 2.00 e. The molecule has 0 saturated heterocycles. The van der Waals surface area contributed by atoms with Gasteiger partial charge in [-0.05, 0) is 12.1 Å². The van der Waals surface area contributed by atoms with Gasteiger partial charge >= 0.3 is 26.2 Å². The van der Waals surface area contributed by atoms with E-state index in [4.69, 9.17) is 69.6 Å². The second kappa shape index (κ2) is 17.1. The summed E-state index contributed by atoms with van der Waals surface area (Å²) in [5.74, 6) is -0.0139. The number of alkyl halides is 6. The van der Waals surface area contributed by atoms with Gasteiger partial charge in [0.2, 0.25) is 7.59 Å². The van der Waals surface area contributed by atoms with Crippen molar-refractivity contribution in [2.45, 2.75) is 20.4 Å². The van der Waals surface area contributed by atoms with Crippen LogP contribution in [0.25, 0.3) is 0 Å². The van der Waals surface area contributed by atoms with E-state index >= 15 is 0 Å². The molecule has 9 heteroatoms. The Morgan fingerprint density at radius 2 is 0.939 bits per heavy atom. The molecule has 0 amide bonds. The van der Waals surface area contributed by atoms with Crippen LogP contribution in [0.2, 0.25) is 0 Å². The number of phenols is 2. The summed E-state index contributed by atoms with van der Waals surface area (Å²) in [5.41, 5.74) is 0.593. The van der Waals surface area contributed by atoms with Crippen LogP contribution >= 0.6 is 69.6 Å². The molecule has 0 saturated carbocycles. The summed E-state index contributed by atoms with van der Waals surface area (Å²) < 4.78 is -3.10. The largest absolute Gasteiger partial charge is 2.00 e. The van der Waals surface area contributed by atoms with Crippen LogP contribution in [0.4, 0.5) is 0 Å². The van der Waals surface area contributed by atoms with Crippen molar-refractivity contribution in [1.29, 1.82) is 0 Å². The number of rotatable bonds is 0. The van der Waals surface area contributed by atoms with Gasteiger partial charge in [0.1, 0.15) is 11.5 Å². The summed E-state index contributed by atoms with van der Waals surface area (Å²) in [6, 6.07) is 12.8. The normalized spacial score (nSPS) is 13.0. The third-order valence-electron chi connectivity index (χ3n) is 3.59. The minimum absolute atomic E-state index is 0. The van der Waals surface area contributed by atoms with Gasteiger partial charge in [-0.3, -0.25) is 12.2 Å². The molecule has 2 aliphatic rings. The number of aromatic hydroxyl groups is 2. The van der Waals surface area contributed by atoms with Crippen molar-refractivity contribution in [2.24, 2.45) is 0 Å². The molecule has 0 heterocycles. The van der Waals surface area contributed by atoms with E-state index in [1.165, 1.54) is 12.1 Å². The van der Waals surface area contributed by atoms with Crippen molar-refractivity contribution in [1.82, 2.24) is 0 Å². The topological polar surface area (TPSA) is 40.5 Å². The monoisotopic (exact) mass is 640 g/mol. The Kier molecular flexibility index (Phi) is 16.9. The molecule has 0 aliphatic heterocycles. The summed E-state index contributed by atoms with van der Waals surface area (Å²) in [5, 5.41) is 18.4. The Hall–Kier alpha value is -0.377. The van der Waals surface area contributed by atoms with E-state index in [1.807, 2.05) is 24.3 Å². The second-order valence-corrected chi connectivity index (χ2v) is 10.6. The fraction of sp³-hybridized carbons (Fsp3) is 0.167. The van der Waals surface area contributed by atoms with Gasteiger partial charge < -0.3 is 10.2 Å². The standard InChI is InChI=1S/2C7H5Cl3O.2C5H5.Zr/c2*8-7(9,10)5-3-1-2-4-6(5)11;2*1-2-4-5-3-1;/h2*1-4,11H;2*1-3H,4H2;/q;;2*-1;+2. The molecule has 0 atom stereocenters. The maximum absolute atomic E-state index is 9.19. The minimum Gasteiger partial charge on any atom is -0.508 e. The number of hydrogen-bond acceptors (Lipinski definition) is 2. The van der Waals surface area contributed by atoms with E-state index in [9.17, 15) is 10.2 Å². The molecule has 0 fully saturated rings. The quantitative estimate of drug-likeness (QED) is 0.222. The van der Waals surface area contributed by atoms with Crippen LogP contribution in [0.5, 0.6) is 11.5 Å². The number of benzene rings is 2. The van der Waals surface area contributed by atoms with Crippen molar-refractivity contribution in [2.75, 3.05) is 0 Å². The van der Waals surface area contributed by atoms with Crippen LogP contribution in [0.1, 0.15) is 24.0 Å². The average molecular weight is 644 g/mol. The number of allylic oxidation sites excluding steroid dienone is 8. The van der Waals surface area contributed by atoms with Crippen LogP contribution in [-0.2, 0) is 33.8 Å². The van der Waals surface area contributed by atoms with Gasteiger partial charge in [-0.15, -0.1) is 12.8 Å². The first kappa shape index (κ1) is 32.6. The minimum atomic E-state index is -1.55. The van der Waals surface area contributed by atoms with Crippen LogP contribution in [-0.4, -0.2) is 10.2 Å². The second-order valence-electron chi connectivity index (χ2n) is 6.04. The third kappa shape index (κ3) is 14.6. The zero-order valence-corrected chi connectivity index (χ0v) is 24.2. The first-order valence-electron chi connectivity index (χ1n) is 9.17. The van der Waals surface area contributed by atoms with Crippen molar-refractivity contribution < 1.29 is 36.4 Å². The third-order valence-corrected chi connectivity index (χ3v) is 4.81. The molecule has 2 aliphatic carbocycles. The zero-order chi connectivity index (χ0) is 24.0. The van der Waals surface area contributed by atoms with Crippen LogP contribution in [0, 0.1) is 12.2 Å². The summed E-state index contributed by atoms with van der Waals surface area (Å²) in [6.07, 6.45) is 20.0. The Labute approximate surface area is 244 Å². The number of para-hydroxylation sites is 2. The Morgan fingerprint density at radius 1 is 0.606 bits per heavy atom. The zero-order valence-electron chi connectivity index (χ0n) is 17.2. The summed E-state index contributed by atoms with van der Waals surface area (Å²) in [7, 11) is 0. The first-order valence-corrected chi connectivity index (χ1v) is 11.4. The van der Waals surface area contributed by atoms with Gasteiger partial charge in [0.15, 0.2) is 0 Å². The van der Waals surface area contributed by atoms with Crippen molar-refractivity contribution >= 4 is 69.6 Å². The number of hydrogen-bond donors (Lipinski definition) is 2. The number of phenolic OH excluding ortho intramolecular Hbond substituents is 2. The predicted octanol–water partition coefficient (Wildman–Crippen LogP) is 9.05. The van der Waals surface area contributed by atoms with E-state index in [0.29, 0.717) is 11.1 Å². The van der Waals surface area contributed by atoms with Gasteiger partial charge in [0.25, 0.3) is 0 Å². The van der Waals surface area contributed by atoms with Gasteiger partial charge in [-0.2, -0.15) is 12.2 Å². The van der Waals surface area contributed by atoms with Crippen molar-refractivity contribution in [3.63, 3.8) is 0 Å².